The molecule has 1 aliphatic heterocycles. The lowest BCUT2D eigenvalue weighted by molar-refractivity contribution is 0.629. The molecule has 0 spiro atoms. The van der Waals surface area contributed by atoms with E-state index in [4.69, 9.17) is 5.73 Å². The minimum atomic E-state index is 0.331. The molecule has 1 aromatic heterocycles. The first-order chi connectivity index (χ1) is 9.63. The van der Waals surface area contributed by atoms with E-state index in [-0.39, 0.29) is 0 Å². The van der Waals surface area contributed by atoms with Crippen LogP contribution in [0.3, 0.4) is 0 Å². The molecule has 2 heterocycles. The lowest BCUT2D eigenvalue weighted by Crippen LogP contribution is -2.26. The first-order valence-corrected chi connectivity index (χ1v) is 6.84. The largest absolute Gasteiger partial charge is 0.368 e. The molecule has 0 aliphatic carbocycles. The lowest BCUT2D eigenvalue weighted by atomic mass is 10.1. The highest BCUT2D eigenvalue weighted by molar-refractivity contribution is 5.62. The number of benzene rings is 1. The van der Waals surface area contributed by atoms with E-state index in [1.807, 2.05) is 0 Å². The Balaban J connectivity index is 1.97. The maximum atomic E-state index is 5.81. The second-order valence-corrected chi connectivity index (χ2v) is 5.21. The highest BCUT2D eigenvalue weighted by Gasteiger charge is 2.16. The Hall–Kier alpha value is -2.14. The molecule has 0 bridgehead atoms. The van der Waals surface area contributed by atoms with Gasteiger partial charge in [0.2, 0.25) is 5.95 Å². The number of hydrogen-bond acceptors (Lipinski definition) is 5. The van der Waals surface area contributed by atoms with Gasteiger partial charge in [-0.15, -0.1) is 0 Å². The molecule has 104 valence electrons. The maximum Gasteiger partial charge on any atom is 0.222 e. The van der Waals surface area contributed by atoms with Crippen molar-refractivity contribution in [3.05, 3.63) is 40.6 Å². The van der Waals surface area contributed by atoms with E-state index in [9.17, 15) is 0 Å². The fourth-order valence-corrected chi connectivity index (χ4v) is 2.42. The van der Waals surface area contributed by atoms with Crippen molar-refractivity contribution in [2.45, 2.75) is 26.8 Å². The van der Waals surface area contributed by atoms with Crippen molar-refractivity contribution in [3.8, 4) is 0 Å². The fraction of sp³-hybridized carbons (Fsp3) is 0.333. The molecule has 0 saturated heterocycles. The van der Waals surface area contributed by atoms with Crippen molar-refractivity contribution in [1.82, 2.24) is 15.3 Å². The summed E-state index contributed by atoms with van der Waals surface area (Å²) in [6, 6.07) is 6.28. The number of anilines is 3. The predicted octanol–water partition coefficient (Wildman–Crippen LogP) is 2.06. The van der Waals surface area contributed by atoms with E-state index < -0.39 is 0 Å². The molecule has 0 amide bonds. The van der Waals surface area contributed by atoms with Crippen LogP contribution in [0.25, 0.3) is 0 Å². The summed E-state index contributed by atoms with van der Waals surface area (Å²) in [4.78, 5) is 8.68. The van der Waals surface area contributed by atoms with Crippen LogP contribution in [-0.4, -0.2) is 16.5 Å². The van der Waals surface area contributed by atoms with Crippen LogP contribution in [0, 0.1) is 13.8 Å². The number of fused-ring (bicyclic) bond motifs is 1. The van der Waals surface area contributed by atoms with E-state index in [1.165, 1.54) is 11.1 Å². The van der Waals surface area contributed by atoms with Crippen LogP contribution < -0.4 is 16.4 Å². The number of nitrogens with one attached hydrogen (secondary N) is 2. The Bertz CT molecular complexity index is 651. The van der Waals surface area contributed by atoms with Crippen LogP contribution in [0.15, 0.2) is 18.2 Å². The molecule has 1 aromatic carbocycles. The predicted molar refractivity (Wildman–Crippen MR) is 81.1 cm³/mol. The molecule has 0 saturated carbocycles. The average molecular weight is 269 g/mol. The molecule has 3 rings (SSSR count). The third-order valence-corrected chi connectivity index (χ3v) is 3.72. The molecule has 0 fully saturated rings. The van der Waals surface area contributed by atoms with Gasteiger partial charge in [-0.05, 0) is 37.1 Å². The van der Waals surface area contributed by atoms with Crippen molar-refractivity contribution in [2.24, 2.45) is 0 Å². The summed E-state index contributed by atoms with van der Waals surface area (Å²) >= 11 is 0. The number of hydrogen-bond donors (Lipinski definition) is 3. The SMILES string of the molecule is Cc1ccc(Nc2nc(N)nc3c2CNCC3)cc1C. The third kappa shape index (κ3) is 2.44. The van der Waals surface area contributed by atoms with Crippen LogP contribution in [0.5, 0.6) is 0 Å². The Kier molecular flexibility index (Phi) is 3.28. The van der Waals surface area contributed by atoms with Gasteiger partial charge in [0.05, 0.1) is 5.69 Å². The monoisotopic (exact) mass is 269 g/mol. The summed E-state index contributed by atoms with van der Waals surface area (Å²) in [6.45, 7) is 5.93. The molecule has 2 aromatic rings. The van der Waals surface area contributed by atoms with Gasteiger partial charge in [-0.25, -0.2) is 4.98 Å². The van der Waals surface area contributed by atoms with Gasteiger partial charge < -0.3 is 16.4 Å². The maximum absolute atomic E-state index is 5.81. The number of aryl methyl sites for hydroxylation is 2. The van der Waals surface area contributed by atoms with Gasteiger partial charge in [-0.1, -0.05) is 6.07 Å². The smallest absolute Gasteiger partial charge is 0.222 e. The van der Waals surface area contributed by atoms with Crippen molar-refractivity contribution in [2.75, 3.05) is 17.6 Å². The van der Waals surface area contributed by atoms with Gasteiger partial charge in [0.25, 0.3) is 0 Å². The van der Waals surface area contributed by atoms with Gasteiger partial charge >= 0.3 is 0 Å². The van der Waals surface area contributed by atoms with Crippen molar-refractivity contribution in [3.63, 3.8) is 0 Å². The topological polar surface area (TPSA) is 75.9 Å². The first kappa shape index (κ1) is 12.9. The molecule has 0 unspecified atom stereocenters. The molecular weight excluding hydrogens is 250 g/mol. The quantitative estimate of drug-likeness (QED) is 0.778. The Morgan fingerprint density at radius 3 is 2.85 bits per heavy atom. The Morgan fingerprint density at radius 1 is 1.20 bits per heavy atom. The van der Waals surface area contributed by atoms with Crippen LogP contribution in [0.2, 0.25) is 0 Å². The molecule has 0 atom stereocenters. The van der Waals surface area contributed by atoms with Gasteiger partial charge in [-0.3, -0.25) is 0 Å². The number of nitrogen functional groups attached to an aromatic ring is 1. The fourth-order valence-electron chi connectivity index (χ4n) is 2.42. The van der Waals surface area contributed by atoms with Crippen molar-refractivity contribution in [1.29, 1.82) is 0 Å². The lowest BCUT2D eigenvalue weighted by Gasteiger charge is -2.20. The number of aromatic nitrogens is 2. The van der Waals surface area contributed by atoms with Gasteiger partial charge in [-0.2, -0.15) is 4.98 Å². The summed E-state index contributed by atoms with van der Waals surface area (Å²) in [6.07, 6.45) is 0.893. The van der Waals surface area contributed by atoms with E-state index in [1.54, 1.807) is 0 Å². The minimum Gasteiger partial charge on any atom is -0.368 e. The van der Waals surface area contributed by atoms with Gasteiger partial charge in [0.15, 0.2) is 0 Å². The zero-order valence-corrected chi connectivity index (χ0v) is 11.8. The Labute approximate surface area is 118 Å². The van der Waals surface area contributed by atoms with E-state index >= 15 is 0 Å². The van der Waals surface area contributed by atoms with Gasteiger partial charge in [0, 0.05) is 30.8 Å². The molecule has 5 heteroatoms. The number of rotatable bonds is 2. The number of nitrogens with zero attached hydrogens (tertiary/aromatic N) is 2. The normalized spacial score (nSPS) is 13.9. The molecule has 0 radical (unpaired) electrons. The zero-order chi connectivity index (χ0) is 14.1. The molecule has 1 aliphatic rings. The third-order valence-electron chi connectivity index (χ3n) is 3.72. The van der Waals surface area contributed by atoms with Crippen LogP contribution >= 0.6 is 0 Å². The van der Waals surface area contributed by atoms with E-state index in [2.05, 4.69) is 52.6 Å². The molecule has 5 nitrogen and oxygen atoms in total. The van der Waals surface area contributed by atoms with Crippen molar-refractivity contribution >= 4 is 17.5 Å². The van der Waals surface area contributed by atoms with E-state index in [0.717, 1.165) is 42.3 Å². The minimum absolute atomic E-state index is 0.331. The number of nitrogens with two attached hydrogens (primary N) is 1. The zero-order valence-electron chi connectivity index (χ0n) is 11.8. The van der Waals surface area contributed by atoms with E-state index in [0.29, 0.717) is 5.95 Å². The first-order valence-electron chi connectivity index (χ1n) is 6.84. The summed E-state index contributed by atoms with van der Waals surface area (Å²) in [5.41, 5.74) is 11.5. The van der Waals surface area contributed by atoms with Crippen LogP contribution in [0.4, 0.5) is 17.5 Å². The Morgan fingerprint density at radius 2 is 2.05 bits per heavy atom. The summed E-state index contributed by atoms with van der Waals surface area (Å²) in [5, 5.41) is 6.72. The van der Waals surface area contributed by atoms with Crippen LogP contribution in [0.1, 0.15) is 22.4 Å². The van der Waals surface area contributed by atoms with Crippen molar-refractivity contribution < 1.29 is 0 Å². The van der Waals surface area contributed by atoms with Crippen LogP contribution in [-0.2, 0) is 13.0 Å². The van der Waals surface area contributed by atoms with Gasteiger partial charge in [0.1, 0.15) is 5.82 Å². The standard InChI is InChI=1S/C15H19N5/c1-9-3-4-11(7-10(9)2)18-14-12-8-17-6-5-13(12)19-15(16)20-14/h3-4,7,17H,5-6,8H2,1-2H3,(H3,16,18,19,20). The summed E-state index contributed by atoms with van der Waals surface area (Å²) in [7, 11) is 0. The second kappa shape index (κ2) is 5.09. The highest BCUT2D eigenvalue weighted by Crippen LogP contribution is 2.25. The molecular formula is C15H19N5. The summed E-state index contributed by atoms with van der Waals surface area (Å²) < 4.78 is 0. The summed E-state index contributed by atoms with van der Waals surface area (Å²) in [5.74, 6) is 1.14. The molecule has 20 heavy (non-hydrogen) atoms. The highest BCUT2D eigenvalue weighted by atomic mass is 15.1. The average Bonchev–Trinajstić information content (AvgIpc) is 2.43. The molecule has 4 N–H and O–H groups in total. The second-order valence-electron chi connectivity index (χ2n) is 5.21.